The molecule has 1 heterocycles. The summed E-state index contributed by atoms with van der Waals surface area (Å²) in [6.07, 6.45) is 0. The van der Waals surface area contributed by atoms with Crippen molar-refractivity contribution in [1.29, 1.82) is 0 Å². The Kier molecular flexibility index (Phi) is 5.91. The van der Waals surface area contributed by atoms with E-state index in [9.17, 15) is 8.42 Å². The van der Waals surface area contributed by atoms with Crippen LogP contribution in [0.2, 0.25) is 15.1 Å². The highest BCUT2D eigenvalue weighted by molar-refractivity contribution is 7.89. The lowest BCUT2D eigenvalue weighted by Gasteiger charge is -2.08. The second-order valence-electron chi connectivity index (χ2n) is 5.38. The molecule has 1 aromatic heterocycles. The lowest BCUT2D eigenvalue weighted by Crippen LogP contribution is -2.23. The highest BCUT2D eigenvalue weighted by atomic mass is 35.5. The van der Waals surface area contributed by atoms with Gasteiger partial charge >= 0.3 is 0 Å². The third kappa shape index (κ3) is 4.06. The van der Waals surface area contributed by atoms with Crippen LogP contribution in [0.4, 0.5) is 0 Å². The van der Waals surface area contributed by atoms with Crippen molar-refractivity contribution in [2.75, 3.05) is 0 Å². The lowest BCUT2D eigenvalue weighted by molar-refractivity contribution is 0.581. The number of rotatable bonds is 5. The van der Waals surface area contributed by atoms with Gasteiger partial charge in [0.1, 0.15) is 9.90 Å². The molecule has 0 radical (unpaired) electrons. The molecule has 0 saturated heterocycles. The van der Waals surface area contributed by atoms with Gasteiger partial charge in [0.15, 0.2) is 0 Å². The first-order valence-corrected chi connectivity index (χ1v) is 10.9. The van der Waals surface area contributed by atoms with Crippen LogP contribution >= 0.6 is 46.1 Å². The van der Waals surface area contributed by atoms with Crippen LogP contribution in [0.1, 0.15) is 10.6 Å². The van der Waals surface area contributed by atoms with Crippen molar-refractivity contribution in [1.82, 2.24) is 9.71 Å². The second-order valence-corrected chi connectivity index (χ2v) is 9.40. The van der Waals surface area contributed by atoms with E-state index in [1.165, 1.54) is 29.5 Å². The molecule has 3 rings (SSSR count). The fourth-order valence-corrected chi connectivity index (χ4v) is 5.44. The molecule has 0 amide bonds. The molecule has 136 valence electrons. The van der Waals surface area contributed by atoms with Gasteiger partial charge in [-0.15, -0.1) is 11.3 Å². The standard InChI is InChI=1S/C17H13Cl3N2O2S2/c1-10-14(25-17(22-10)11-5-2-3-6-12(11)18)9-21-26(23,24)15-8-4-7-13(19)16(15)20/h2-8,21H,9H2,1H3. The molecule has 26 heavy (non-hydrogen) atoms. The van der Waals surface area contributed by atoms with Crippen molar-refractivity contribution >= 4 is 56.2 Å². The van der Waals surface area contributed by atoms with Crippen molar-refractivity contribution in [2.45, 2.75) is 18.4 Å². The first kappa shape index (κ1) is 19.6. The van der Waals surface area contributed by atoms with Crippen molar-refractivity contribution in [3.63, 3.8) is 0 Å². The van der Waals surface area contributed by atoms with Gasteiger partial charge in [-0.25, -0.2) is 18.1 Å². The highest BCUT2D eigenvalue weighted by Gasteiger charge is 2.20. The Labute approximate surface area is 170 Å². The SMILES string of the molecule is Cc1nc(-c2ccccc2Cl)sc1CNS(=O)(=O)c1cccc(Cl)c1Cl. The van der Waals surface area contributed by atoms with Crippen molar-refractivity contribution in [3.05, 3.63) is 68.1 Å². The fraction of sp³-hybridized carbons (Fsp3) is 0.118. The van der Waals surface area contributed by atoms with E-state index in [-0.39, 0.29) is 21.5 Å². The van der Waals surface area contributed by atoms with E-state index in [1.54, 1.807) is 6.07 Å². The van der Waals surface area contributed by atoms with E-state index < -0.39 is 10.0 Å². The molecule has 2 aromatic carbocycles. The summed E-state index contributed by atoms with van der Waals surface area (Å²) in [5.74, 6) is 0. The Morgan fingerprint density at radius 1 is 1.04 bits per heavy atom. The number of nitrogens with one attached hydrogen (secondary N) is 1. The van der Waals surface area contributed by atoms with Crippen LogP contribution in [0.3, 0.4) is 0 Å². The zero-order valence-corrected chi connectivity index (χ0v) is 17.4. The smallest absolute Gasteiger partial charge is 0.241 e. The summed E-state index contributed by atoms with van der Waals surface area (Å²) in [4.78, 5) is 5.24. The maximum atomic E-state index is 12.5. The molecule has 1 N–H and O–H groups in total. The normalized spacial score (nSPS) is 11.7. The molecule has 0 bridgehead atoms. The maximum Gasteiger partial charge on any atom is 0.242 e. The Morgan fingerprint density at radius 2 is 1.73 bits per heavy atom. The van der Waals surface area contributed by atoms with Crippen LogP contribution in [0.15, 0.2) is 47.4 Å². The van der Waals surface area contributed by atoms with Crippen LogP contribution in [0, 0.1) is 6.92 Å². The minimum atomic E-state index is -3.81. The predicted molar refractivity (Wildman–Crippen MR) is 108 cm³/mol. The largest absolute Gasteiger partial charge is 0.242 e. The van der Waals surface area contributed by atoms with Gasteiger partial charge < -0.3 is 0 Å². The van der Waals surface area contributed by atoms with Crippen LogP contribution in [0.25, 0.3) is 10.6 Å². The molecule has 0 fully saturated rings. The van der Waals surface area contributed by atoms with E-state index >= 15 is 0 Å². The molecule has 0 saturated carbocycles. The monoisotopic (exact) mass is 446 g/mol. The quantitative estimate of drug-likeness (QED) is 0.557. The average molecular weight is 448 g/mol. The number of thiazole rings is 1. The van der Waals surface area contributed by atoms with Gasteiger partial charge in [0.2, 0.25) is 10.0 Å². The summed E-state index contributed by atoms with van der Waals surface area (Å²) in [6, 6.07) is 11.9. The Bertz CT molecular complexity index is 1070. The number of halogens is 3. The number of aryl methyl sites for hydroxylation is 1. The molecular formula is C17H13Cl3N2O2S2. The van der Waals surface area contributed by atoms with Gasteiger partial charge in [-0.3, -0.25) is 0 Å². The van der Waals surface area contributed by atoms with Gasteiger partial charge in [-0.05, 0) is 25.1 Å². The molecule has 0 aliphatic heterocycles. The molecule has 0 aliphatic carbocycles. The van der Waals surface area contributed by atoms with Crippen LogP contribution < -0.4 is 4.72 Å². The number of aromatic nitrogens is 1. The van der Waals surface area contributed by atoms with Crippen LogP contribution in [0.5, 0.6) is 0 Å². The first-order chi connectivity index (χ1) is 12.3. The van der Waals surface area contributed by atoms with Crippen LogP contribution in [-0.2, 0) is 16.6 Å². The topological polar surface area (TPSA) is 59.1 Å². The third-order valence-electron chi connectivity index (χ3n) is 3.63. The van der Waals surface area contributed by atoms with E-state index in [0.717, 1.165) is 21.1 Å². The number of hydrogen-bond donors (Lipinski definition) is 1. The summed E-state index contributed by atoms with van der Waals surface area (Å²) < 4.78 is 27.6. The first-order valence-electron chi connectivity index (χ1n) is 7.44. The molecule has 4 nitrogen and oxygen atoms in total. The summed E-state index contributed by atoms with van der Waals surface area (Å²) in [5, 5.41) is 1.52. The lowest BCUT2D eigenvalue weighted by atomic mass is 10.2. The highest BCUT2D eigenvalue weighted by Crippen LogP contribution is 2.33. The molecule has 9 heteroatoms. The van der Waals surface area contributed by atoms with Gasteiger partial charge in [-0.1, -0.05) is 59.1 Å². The molecule has 0 unspecified atom stereocenters. The molecule has 0 spiro atoms. The van der Waals surface area contributed by atoms with Crippen LogP contribution in [-0.4, -0.2) is 13.4 Å². The molecule has 3 aromatic rings. The van der Waals surface area contributed by atoms with Gasteiger partial charge in [0, 0.05) is 17.0 Å². The molecule has 0 aliphatic rings. The average Bonchev–Trinajstić information content (AvgIpc) is 2.96. The Hall–Kier alpha value is -1.15. The number of hydrogen-bond acceptors (Lipinski definition) is 4. The van der Waals surface area contributed by atoms with Gasteiger partial charge in [0.05, 0.1) is 20.8 Å². The van der Waals surface area contributed by atoms with Crippen molar-refractivity contribution in [3.8, 4) is 10.6 Å². The number of nitrogens with zero attached hydrogens (tertiary/aromatic N) is 1. The van der Waals surface area contributed by atoms with E-state index in [4.69, 9.17) is 34.8 Å². The summed E-state index contributed by atoms with van der Waals surface area (Å²) in [6.45, 7) is 1.92. The number of benzene rings is 2. The Morgan fingerprint density at radius 3 is 2.46 bits per heavy atom. The zero-order valence-electron chi connectivity index (χ0n) is 13.5. The summed E-state index contributed by atoms with van der Waals surface area (Å²) in [5.41, 5.74) is 1.55. The van der Waals surface area contributed by atoms with E-state index in [0.29, 0.717) is 5.02 Å². The molecular weight excluding hydrogens is 435 g/mol. The minimum Gasteiger partial charge on any atom is -0.241 e. The Balaban J connectivity index is 1.84. The maximum absolute atomic E-state index is 12.5. The van der Waals surface area contributed by atoms with Gasteiger partial charge in [-0.2, -0.15) is 0 Å². The van der Waals surface area contributed by atoms with Crippen molar-refractivity contribution in [2.24, 2.45) is 0 Å². The second kappa shape index (κ2) is 7.84. The fourth-order valence-electron chi connectivity index (χ4n) is 2.27. The van der Waals surface area contributed by atoms with Crippen molar-refractivity contribution < 1.29 is 8.42 Å². The predicted octanol–water partition coefficient (Wildman–Crippen LogP) is 5.56. The number of sulfonamides is 1. The van der Waals surface area contributed by atoms with E-state index in [1.807, 2.05) is 25.1 Å². The van der Waals surface area contributed by atoms with Gasteiger partial charge in [0.25, 0.3) is 0 Å². The minimum absolute atomic E-state index is 0.000510. The molecule has 0 atom stereocenters. The zero-order chi connectivity index (χ0) is 18.9. The summed E-state index contributed by atoms with van der Waals surface area (Å²) in [7, 11) is -3.81. The van der Waals surface area contributed by atoms with E-state index in [2.05, 4.69) is 9.71 Å². The summed E-state index contributed by atoms with van der Waals surface area (Å²) >= 11 is 19.5. The third-order valence-corrected chi connectivity index (χ3v) is 7.52.